The molecule has 1 fully saturated rings. The SMILES string of the molecule is CC(C)NCCC(=O)N1CCC(OCC(=O)O)CC1. The van der Waals surface area contributed by atoms with Crippen molar-refractivity contribution in [1.29, 1.82) is 0 Å². The molecular formula is C13H24N2O4. The van der Waals surface area contributed by atoms with Crippen LogP contribution in [0.3, 0.4) is 0 Å². The van der Waals surface area contributed by atoms with Gasteiger partial charge < -0.3 is 20.1 Å². The molecular weight excluding hydrogens is 248 g/mol. The Morgan fingerprint density at radius 1 is 1.37 bits per heavy atom. The van der Waals surface area contributed by atoms with Crippen molar-refractivity contribution in [3.63, 3.8) is 0 Å². The lowest BCUT2D eigenvalue weighted by atomic mass is 10.1. The van der Waals surface area contributed by atoms with Crippen molar-refractivity contribution in [3.05, 3.63) is 0 Å². The van der Waals surface area contributed by atoms with Crippen molar-refractivity contribution in [2.75, 3.05) is 26.2 Å². The fourth-order valence-electron chi connectivity index (χ4n) is 2.09. The lowest BCUT2D eigenvalue weighted by Gasteiger charge is -2.31. The predicted octanol–water partition coefficient (Wildman–Crippen LogP) is 0.467. The van der Waals surface area contributed by atoms with E-state index in [0.29, 0.717) is 32.1 Å². The molecule has 0 aromatic heterocycles. The third kappa shape index (κ3) is 6.54. The van der Waals surface area contributed by atoms with Gasteiger partial charge in [-0.1, -0.05) is 13.8 Å². The first kappa shape index (κ1) is 15.9. The zero-order valence-electron chi connectivity index (χ0n) is 11.7. The molecule has 1 aliphatic heterocycles. The van der Waals surface area contributed by atoms with Gasteiger partial charge >= 0.3 is 5.97 Å². The number of nitrogens with one attached hydrogen (secondary N) is 1. The summed E-state index contributed by atoms with van der Waals surface area (Å²) < 4.78 is 5.24. The molecule has 2 N–H and O–H groups in total. The number of rotatable bonds is 7. The number of hydrogen-bond acceptors (Lipinski definition) is 4. The van der Waals surface area contributed by atoms with Gasteiger partial charge in [0.2, 0.25) is 5.91 Å². The van der Waals surface area contributed by atoms with E-state index >= 15 is 0 Å². The highest BCUT2D eigenvalue weighted by molar-refractivity contribution is 5.76. The van der Waals surface area contributed by atoms with Crippen LogP contribution in [0.5, 0.6) is 0 Å². The average Bonchev–Trinajstić information content (AvgIpc) is 2.36. The molecule has 110 valence electrons. The number of amides is 1. The van der Waals surface area contributed by atoms with Crippen LogP contribution in [0.15, 0.2) is 0 Å². The third-order valence-corrected chi connectivity index (χ3v) is 3.13. The van der Waals surface area contributed by atoms with Crippen LogP contribution in [-0.4, -0.2) is 60.3 Å². The second kappa shape index (κ2) is 8.12. The minimum absolute atomic E-state index is 0.0334. The summed E-state index contributed by atoms with van der Waals surface area (Å²) in [6.45, 7) is 5.87. The zero-order chi connectivity index (χ0) is 14.3. The van der Waals surface area contributed by atoms with Crippen molar-refractivity contribution >= 4 is 11.9 Å². The molecule has 0 atom stereocenters. The van der Waals surface area contributed by atoms with Crippen LogP contribution in [0.1, 0.15) is 33.1 Å². The first-order chi connectivity index (χ1) is 8.99. The Hall–Kier alpha value is -1.14. The van der Waals surface area contributed by atoms with Crippen LogP contribution in [0.2, 0.25) is 0 Å². The molecule has 0 aromatic rings. The summed E-state index contributed by atoms with van der Waals surface area (Å²) in [6.07, 6.45) is 1.92. The lowest BCUT2D eigenvalue weighted by Crippen LogP contribution is -2.42. The highest BCUT2D eigenvalue weighted by Gasteiger charge is 2.23. The normalized spacial score (nSPS) is 16.9. The number of carboxylic acid groups (broad SMARTS) is 1. The number of carbonyl (C=O) groups is 2. The summed E-state index contributed by atoms with van der Waals surface area (Å²) in [4.78, 5) is 24.1. The molecule has 1 amide bonds. The molecule has 0 saturated carbocycles. The molecule has 0 aliphatic carbocycles. The van der Waals surface area contributed by atoms with Gasteiger partial charge in [0.05, 0.1) is 6.10 Å². The minimum atomic E-state index is -0.946. The number of nitrogens with zero attached hydrogens (tertiary/aromatic N) is 1. The van der Waals surface area contributed by atoms with Gasteiger partial charge in [-0.15, -0.1) is 0 Å². The Morgan fingerprint density at radius 2 is 2.00 bits per heavy atom. The molecule has 6 nitrogen and oxygen atoms in total. The van der Waals surface area contributed by atoms with Crippen LogP contribution < -0.4 is 5.32 Å². The molecule has 0 radical (unpaired) electrons. The first-order valence-electron chi connectivity index (χ1n) is 6.83. The van der Waals surface area contributed by atoms with E-state index in [-0.39, 0.29) is 18.6 Å². The molecule has 1 aliphatic rings. The van der Waals surface area contributed by atoms with E-state index in [0.717, 1.165) is 12.8 Å². The van der Waals surface area contributed by atoms with E-state index in [4.69, 9.17) is 9.84 Å². The largest absolute Gasteiger partial charge is 0.480 e. The van der Waals surface area contributed by atoms with Gasteiger partial charge in [0.1, 0.15) is 6.61 Å². The molecule has 1 saturated heterocycles. The van der Waals surface area contributed by atoms with E-state index < -0.39 is 5.97 Å². The predicted molar refractivity (Wildman–Crippen MR) is 70.9 cm³/mol. The highest BCUT2D eigenvalue weighted by Crippen LogP contribution is 2.14. The van der Waals surface area contributed by atoms with E-state index in [9.17, 15) is 9.59 Å². The van der Waals surface area contributed by atoms with Gasteiger partial charge in [-0.3, -0.25) is 4.79 Å². The number of aliphatic carboxylic acids is 1. The van der Waals surface area contributed by atoms with Crippen molar-refractivity contribution < 1.29 is 19.4 Å². The molecule has 6 heteroatoms. The maximum atomic E-state index is 11.9. The molecule has 1 rings (SSSR count). The fraction of sp³-hybridized carbons (Fsp3) is 0.846. The van der Waals surface area contributed by atoms with E-state index in [1.165, 1.54) is 0 Å². The summed E-state index contributed by atoms with van der Waals surface area (Å²) in [6, 6.07) is 0.392. The Morgan fingerprint density at radius 3 is 2.53 bits per heavy atom. The average molecular weight is 272 g/mol. The van der Waals surface area contributed by atoms with Gasteiger partial charge in [0, 0.05) is 32.1 Å². The van der Waals surface area contributed by atoms with Crippen molar-refractivity contribution in [1.82, 2.24) is 10.2 Å². The van der Waals surface area contributed by atoms with E-state index in [1.807, 2.05) is 4.90 Å². The Kier molecular flexibility index (Phi) is 6.80. The number of carboxylic acids is 1. The molecule has 0 bridgehead atoms. The van der Waals surface area contributed by atoms with Gasteiger partial charge in [-0.25, -0.2) is 4.79 Å². The summed E-state index contributed by atoms with van der Waals surface area (Å²) in [5, 5.41) is 11.7. The fourth-order valence-corrected chi connectivity index (χ4v) is 2.09. The molecule has 0 spiro atoms. The van der Waals surface area contributed by atoms with Crippen LogP contribution in [0.4, 0.5) is 0 Å². The van der Waals surface area contributed by atoms with Crippen molar-refractivity contribution in [3.8, 4) is 0 Å². The second-order valence-corrected chi connectivity index (χ2v) is 5.14. The maximum absolute atomic E-state index is 11.9. The highest BCUT2D eigenvalue weighted by atomic mass is 16.5. The number of carbonyl (C=O) groups excluding carboxylic acids is 1. The number of likely N-dealkylation sites (tertiary alicyclic amines) is 1. The standard InChI is InChI=1S/C13H24N2O4/c1-10(2)14-6-3-12(16)15-7-4-11(5-8-15)19-9-13(17)18/h10-11,14H,3-9H2,1-2H3,(H,17,18). The Balaban J connectivity index is 2.18. The van der Waals surface area contributed by atoms with Gasteiger partial charge in [0.25, 0.3) is 0 Å². The lowest BCUT2D eigenvalue weighted by molar-refractivity contribution is -0.146. The Bertz CT molecular complexity index is 299. The number of ether oxygens (including phenoxy) is 1. The van der Waals surface area contributed by atoms with Crippen LogP contribution in [0, 0.1) is 0 Å². The van der Waals surface area contributed by atoms with Gasteiger partial charge in [-0.05, 0) is 12.8 Å². The topological polar surface area (TPSA) is 78.9 Å². The van der Waals surface area contributed by atoms with Gasteiger partial charge in [-0.2, -0.15) is 0 Å². The maximum Gasteiger partial charge on any atom is 0.329 e. The minimum Gasteiger partial charge on any atom is -0.480 e. The third-order valence-electron chi connectivity index (χ3n) is 3.13. The summed E-state index contributed by atoms with van der Waals surface area (Å²) >= 11 is 0. The van der Waals surface area contributed by atoms with Crippen molar-refractivity contribution in [2.24, 2.45) is 0 Å². The van der Waals surface area contributed by atoms with Crippen LogP contribution in [0.25, 0.3) is 0 Å². The van der Waals surface area contributed by atoms with Crippen molar-refractivity contribution in [2.45, 2.75) is 45.3 Å². The van der Waals surface area contributed by atoms with Crippen LogP contribution in [-0.2, 0) is 14.3 Å². The molecule has 19 heavy (non-hydrogen) atoms. The monoisotopic (exact) mass is 272 g/mol. The Labute approximate surface area is 114 Å². The summed E-state index contributed by atoms with van der Waals surface area (Å²) in [7, 11) is 0. The smallest absolute Gasteiger partial charge is 0.329 e. The summed E-state index contributed by atoms with van der Waals surface area (Å²) in [5.74, 6) is -0.789. The first-order valence-corrected chi connectivity index (χ1v) is 6.83. The second-order valence-electron chi connectivity index (χ2n) is 5.14. The molecule has 0 aromatic carbocycles. The van der Waals surface area contributed by atoms with E-state index in [1.54, 1.807) is 0 Å². The quantitative estimate of drug-likeness (QED) is 0.704. The zero-order valence-corrected chi connectivity index (χ0v) is 11.7. The van der Waals surface area contributed by atoms with Crippen LogP contribution >= 0.6 is 0 Å². The van der Waals surface area contributed by atoms with Gasteiger partial charge in [0.15, 0.2) is 0 Å². The number of hydrogen-bond donors (Lipinski definition) is 2. The van der Waals surface area contributed by atoms with E-state index in [2.05, 4.69) is 19.2 Å². The summed E-state index contributed by atoms with van der Waals surface area (Å²) in [5.41, 5.74) is 0. The molecule has 0 unspecified atom stereocenters. The number of piperidine rings is 1. The molecule has 1 heterocycles.